The Morgan fingerprint density at radius 3 is 2.83 bits per heavy atom. The van der Waals surface area contributed by atoms with Gasteiger partial charge in [0.1, 0.15) is 0 Å². The molecule has 0 fully saturated rings. The molecule has 3 nitrogen and oxygen atoms in total. The van der Waals surface area contributed by atoms with Crippen molar-refractivity contribution in [2.75, 3.05) is 13.1 Å². The van der Waals surface area contributed by atoms with Crippen LogP contribution < -0.4 is 11.1 Å². The van der Waals surface area contributed by atoms with Crippen LogP contribution in [0.1, 0.15) is 25.8 Å². The highest BCUT2D eigenvalue weighted by Gasteiger charge is 2.15. The maximum atomic E-state index is 5.61. The van der Waals surface area contributed by atoms with Crippen LogP contribution in [0.2, 0.25) is 0 Å². The highest BCUT2D eigenvalue weighted by atomic mass is 14.9. The number of nitrogens with one attached hydrogen (secondary N) is 2. The van der Waals surface area contributed by atoms with Crippen molar-refractivity contribution >= 4 is 10.9 Å². The van der Waals surface area contributed by atoms with Crippen LogP contribution in [0.15, 0.2) is 30.5 Å². The van der Waals surface area contributed by atoms with Crippen molar-refractivity contribution < 1.29 is 0 Å². The fourth-order valence-electron chi connectivity index (χ4n) is 2.32. The summed E-state index contributed by atoms with van der Waals surface area (Å²) in [7, 11) is 0. The lowest BCUT2D eigenvalue weighted by Crippen LogP contribution is -2.41. The van der Waals surface area contributed by atoms with Gasteiger partial charge in [-0.2, -0.15) is 0 Å². The summed E-state index contributed by atoms with van der Waals surface area (Å²) in [6.07, 6.45) is 4.15. The van der Waals surface area contributed by atoms with E-state index in [-0.39, 0.29) is 5.54 Å². The zero-order valence-electron chi connectivity index (χ0n) is 11.3. The maximum Gasteiger partial charge on any atom is 0.0456 e. The number of aromatic amines is 1. The van der Waals surface area contributed by atoms with Crippen molar-refractivity contribution in [3.63, 3.8) is 0 Å². The summed E-state index contributed by atoms with van der Waals surface area (Å²) >= 11 is 0. The van der Waals surface area contributed by atoms with Crippen LogP contribution in [0.25, 0.3) is 10.9 Å². The molecule has 3 heteroatoms. The van der Waals surface area contributed by atoms with Gasteiger partial charge in [-0.05, 0) is 51.4 Å². The Labute approximate surface area is 109 Å². The Balaban J connectivity index is 1.94. The van der Waals surface area contributed by atoms with Crippen LogP contribution in [0.5, 0.6) is 0 Å². The van der Waals surface area contributed by atoms with Gasteiger partial charge >= 0.3 is 0 Å². The molecule has 98 valence electrons. The molecule has 0 aliphatic heterocycles. The molecular weight excluding hydrogens is 222 g/mol. The Bertz CT molecular complexity index is 499. The summed E-state index contributed by atoms with van der Waals surface area (Å²) < 4.78 is 0. The molecule has 1 aromatic carbocycles. The molecule has 0 unspecified atom stereocenters. The fourth-order valence-corrected chi connectivity index (χ4v) is 2.32. The largest absolute Gasteiger partial charge is 0.361 e. The van der Waals surface area contributed by atoms with Gasteiger partial charge in [0.05, 0.1) is 0 Å². The van der Waals surface area contributed by atoms with Gasteiger partial charge < -0.3 is 16.0 Å². The molecule has 18 heavy (non-hydrogen) atoms. The molecule has 0 aliphatic rings. The van der Waals surface area contributed by atoms with Crippen molar-refractivity contribution in [2.24, 2.45) is 5.73 Å². The van der Waals surface area contributed by atoms with Gasteiger partial charge in [0.15, 0.2) is 0 Å². The van der Waals surface area contributed by atoms with E-state index < -0.39 is 0 Å². The first-order valence-electron chi connectivity index (χ1n) is 6.62. The normalized spacial score (nSPS) is 12.2. The van der Waals surface area contributed by atoms with Crippen LogP contribution in [-0.4, -0.2) is 23.6 Å². The van der Waals surface area contributed by atoms with E-state index in [2.05, 4.69) is 54.6 Å². The molecule has 2 rings (SSSR count). The van der Waals surface area contributed by atoms with Gasteiger partial charge in [-0.3, -0.25) is 0 Å². The van der Waals surface area contributed by atoms with Gasteiger partial charge in [0, 0.05) is 22.6 Å². The lowest BCUT2D eigenvalue weighted by molar-refractivity contribution is 0.370. The molecule has 0 radical (unpaired) electrons. The quantitative estimate of drug-likeness (QED) is 0.732. The Morgan fingerprint density at radius 2 is 2.06 bits per heavy atom. The summed E-state index contributed by atoms with van der Waals surface area (Å²) in [6, 6.07) is 8.44. The summed E-state index contributed by atoms with van der Waals surface area (Å²) in [4.78, 5) is 3.31. The van der Waals surface area contributed by atoms with Crippen LogP contribution in [-0.2, 0) is 6.42 Å². The number of fused-ring (bicyclic) bond motifs is 1. The van der Waals surface area contributed by atoms with Crippen molar-refractivity contribution in [3.05, 3.63) is 36.0 Å². The number of H-pyrrole nitrogens is 1. The Morgan fingerprint density at radius 1 is 1.28 bits per heavy atom. The summed E-state index contributed by atoms with van der Waals surface area (Å²) in [5.74, 6) is 0. The zero-order chi connectivity index (χ0) is 13.0. The first-order chi connectivity index (χ1) is 8.62. The molecule has 4 N–H and O–H groups in total. The number of para-hydroxylation sites is 1. The van der Waals surface area contributed by atoms with E-state index in [1.165, 1.54) is 16.5 Å². The molecule has 1 aromatic heterocycles. The number of rotatable bonds is 6. The molecule has 0 amide bonds. The molecule has 0 saturated carbocycles. The highest BCUT2D eigenvalue weighted by molar-refractivity contribution is 5.83. The molecule has 0 saturated heterocycles. The maximum absolute atomic E-state index is 5.61. The summed E-state index contributed by atoms with van der Waals surface area (Å²) in [6.45, 7) is 6.12. The van der Waals surface area contributed by atoms with Crippen molar-refractivity contribution in [2.45, 2.75) is 32.2 Å². The molecular formula is C15H23N3. The van der Waals surface area contributed by atoms with Crippen molar-refractivity contribution in [3.8, 4) is 0 Å². The molecule has 0 aliphatic carbocycles. The minimum atomic E-state index is 0.126. The van der Waals surface area contributed by atoms with Gasteiger partial charge in [-0.25, -0.2) is 0 Å². The lowest BCUT2D eigenvalue weighted by atomic mass is 10.0. The van der Waals surface area contributed by atoms with Gasteiger partial charge in [0.25, 0.3) is 0 Å². The Hall–Kier alpha value is -1.32. The van der Waals surface area contributed by atoms with E-state index >= 15 is 0 Å². The average Bonchev–Trinajstić information content (AvgIpc) is 2.73. The van der Waals surface area contributed by atoms with E-state index in [1.54, 1.807) is 0 Å². The third-order valence-electron chi connectivity index (χ3n) is 3.44. The number of aromatic nitrogens is 1. The average molecular weight is 245 g/mol. The van der Waals surface area contributed by atoms with Gasteiger partial charge in [-0.1, -0.05) is 18.2 Å². The Kier molecular flexibility index (Phi) is 4.04. The minimum absolute atomic E-state index is 0.126. The van der Waals surface area contributed by atoms with E-state index in [9.17, 15) is 0 Å². The van der Waals surface area contributed by atoms with Crippen molar-refractivity contribution in [1.29, 1.82) is 0 Å². The van der Waals surface area contributed by atoms with Crippen LogP contribution in [0, 0.1) is 0 Å². The first kappa shape index (κ1) is 13.1. The highest BCUT2D eigenvalue weighted by Crippen LogP contribution is 2.18. The summed E-state index contributed by atoms with van der Waals surface area (Å²) in [5.41, 5.74) is 8.33. The summed E-state index contributed by atoms with van der Waals surface area (Å²) in [5, 5.41) is 4.90. The topological polar surface area (TPSA) is 53.8 Å². The number of hydrogen-bond donors (Lipinski definition) is 3. The van der Waals surface area contributed by atoms with Gasteiger partial charge in [0.2, 0.25) is 0 Å². The fraction of sp³-hybridized carbons (Fsp3) is 0.467. The number of benzene rings is 1. The van der Waals surface area contributed by atoms with E-state index in [4.69, 9.17) is 5.73 Å². The SMILES string of the molecule is CC(C)(CCN)NCCc1c[nH]c2ccccc12. The van der Waals surface area contributed by atoms with Crippen LogP contribution >= 0.6 is 0 Å². The van der Waals surface area contributed by atoms with Crippen LogP contribution in [0.3, 0.4) is 0 Å². The number of nitrogens with two attached hydrogens (primary N) is 1. The number of hydrogen-bond acceptors (Lipinski definition) is 2. The smallest absolute Gasteiger partial charge is 0.0456 e. The predicted molar refractivity (Wildman–Crippen MR) is 77.8 cm³/mol. The van der Waals surface area contributed by atoms with E-state index in [0.29, 0.717) is 0 Å². The zero-order valence-corrected chi connectivity index (χ0v) is 11.3. The second-order valence-electron chi connectivity index (χ2n) is 5.46. The molecule has 0 atom stereocenters. The third kappa shape index (κ3) is 3.12. The van der Waals surface area contributed by atoms with Crippen LogP contribution in [0.4, 0.5) is 0 Å². The second-order valence-corrected chi connectivity index (χ2v) is 5.46. The lowest BCUT2D eigenvalue weighted by Gasteiger charge is -2.25. The molecule has 0 spiro atoms. The molecule has 1 heterocycles. The minimum Gasteiger partial charge on any atom is -0.361 e. The van der Waals surface area contributed by atoms with E-state index in [0.717, 1.165) is 25.9 Å². The standard InChI is InChI=1S/C15H23N3/c1-15(2,8-9-16)18-10-7-12-11-17-14-6-4-3-5-13(12)14/h3-6,11,17-18H,7-10,16H2,1-2H3. The van der Waals surface area contributed by atoms with E-state index in [1.807, 2.05) is 0 Å². The molecule has 0 bridgehead atoms. The second kappa shape index (κ2) is 5.55. The predicted octanol–water partition coefficient (Wildman–Crippen LogP) is 2.43. The molecule has 2 aromatic rings. The van der Waals surface area contributed by atoms with Crippen molar-refractivity contribution in [1.82, 2.24) is 10.3 Å². The van der Waals surface area contributed by atoms with Gasteiger partial charge in [-0.15, -0.1) is 0 Å². The third-order valence-corrected chi connectivity index (χ3v) is 3.44. The first-order valence-corrected chi connectivity index (χ1v) is 6.62. The monoisotopic (exact) mass is 245 g/mol.